The third-order valence-corrected chi connectivity index (χ3v) is 5.75. The van der Waals surface area contributed by atoms with E-state index < -0.39 is 0 Å². The van der Waals surface area contributed by atoms with E-state index >= 15 is 0 Å². The number of aryl methyl sites for hydroxylation is 2. The van der Waals surface area contributed by atoms with Crippen molar-refractivity contribution in [2.45, 2.75) is 38.5 Å². The second kappa shape index (κ2) is 6.51. The van der Waals surface area contributed by atoms with Crippen LogP contribution in [0.4, 0.5) is 0 Å². The fourth-order valence-electron chi connectivity index (χ4n) is 2.73. The maximum absolute atomic E-state index is 12.5. The SMILES string of the molecule is O=C(Cc1ccc(Cl)cc1Cl)c1cc2c(s1)CCCCC2. The number of fused-ring (bicyclic) bond motifs is 1. The van der Waals surface area contributed by atoms with Gasteiger partial charge in [0, 0.05) is 21.3 Å². The Kier molecular flexibility index (Phi) is 4.68. The molecule has 1 aromatic carbocycles. The lowest BCUT2D eigenvalue weighted by atomic mass is 10.1. The zero-order chi connectivity index (χ0) is 14.8. The Hall–Kier alpha value is -0.830. The first kappa shape index (κ1) is 15.1. The summed E-state index contributed by atoms with van der Waals surface area (Å²) in [6, 6.07) is 7.40. The number of carbonyl (C=O) groups is 1. The minimum atomic E-state index is 0.150. The summed E-state index contributed by atoms with van der Waals surface area (Å²) in [7, 11) is 0. The molecule has 110 valence electrons. The second-order valence-corrected chi connectivity index (χ2v) is 7.44. The van der Waals surface area contributed by atoms with Gasteiger partial charge in [-0.25, -0.2) is 0 Å². The molecule has 0 N–H and O–H groups in total. The Morgan fingerprint density at radius 1 is 1.10 bits per heavy atom. The Morgan fingerprint density at radius 2 is 1.90 bits per heavy atom. The number of ketones is 1. The van der Waals surface area contributed by atoms with Crippen molar-refractivity contribution in [1.82, 2.24) is 0 Å². The number of halogens is 2. The zero-order valence-electron chi connectivity index (χ0n) is 11.6. The number of Topliss-reactive ketones (excluding diaryl/α,β-unsaturated/α-hetero) is 1. The van der Waals surface area contributed by atoms with Gasteiger partial charge in [-0.05, 0) is 55.0 Å². The normalized spacial score (nSPS) is 14.6. The van der Waals surface area contributed by atoms with Gasteiger partial charge in [0.1, 0.15) is 0 Å². The maximum atomic E-state index is 12.5. The van der Waals surface area contributed by atoms with Crippen molar-refractivity contribution in [1.29, 1.82) is 0 Å². The summed E-state index contributed by atoms with van der Waals surface area (Å²) < 4.78 is 0. The predicted octanol–water partition coefficient (Wildman–Crippen LogP) is 5.75. The topological polar surface area (TPSA) is 17.1 Å². The highest BCUT2D eigenvalue weighted by atomic mass is 35.5. The quantitative estimate of drug-likeness (QED) is 0.514. The molecule has 0 atom stereocenters. The number of hydrogen-bond acceptors (Lipinski definition) is 2. The molecule has 3 rings (SSSR count). The van der Waals surface area contributed by atoms with Gasteiger partial charge < -0.3 is 0 Å². The fraction of sp³-hybridized carbons (Fsp3) is 0.353. The molecule has 21 heavy (non-hydrogen) atoms. The molecular weight excluding hydrogens is 323 g/mol. The smallest absolute Gasteiger partial charge is 0.177 e. The molecule has 1 aliphatic carbocycles. The summed E-state index contributed by atoms with van der Waals surface area (Å²) in [6.45, 7) is 0. The second-order valence-electron chi connectivity index (χ2n) is 5.46. The minimum Gasteiger partial charge on any atom is -0.293 e. The van der Waals surface area contributed by atoms with Crippen LogP contribution in [-0.4, -0.2) is 5.78 Å². The lowest BCUT2D eigenvalue weighted by Gasteiger charge is -2.03. The molecular formula is C17H16Cl2OS. The summed E-state index contributed by atoms with van der Waals surface area (Å²) >= 11 is 13.7. The van der Waals surface area contributed by atoms with E-state index in [-0.39, 0.29) is 5.78 Å². The van der Waals surface area contributed by atoms with Gasteiger partial charge in [0.2, 0.25) is 0 Å². The summed E-state index contributed by atoms with van der Waals surface area (Å²) in [5, 5.41) is 1.16. The molecule has 0 aliphatic heterocycles. The van der Waals surface area contributed by atoms with Crippen LogP contribution >= 0.6 is 34.5 Å². The van der Waals surface area contributed by atoms with Crippen molar-refractivity contribution in [2.75, 3.05) is 0 Å². The van der Waals surface area contributed by atoms with E-state index in [1.165, 1.54) is 29.7 Å². The Labute approximate surface area is 138 Å². The van der Waals surface area contributed by atoms with E-state index in [2.05, 4.69) is 6.07 Å². The van der Waals surface area contributed by atoms with Crippen LogP contribution in [0, 0.1) is 0 Å². The van der Waals surface area contributed by atoms with Crippen LogP contribution in [0.15, 0.2) is 24.3 Å². The molecule has 4 heteroatoms. The van der Waals surface area contributed by atoms with Crippen LogP contribution in [0.2, 0.25) is 10.0 Å². The number of carbonyl (C=O) groups excluding carboxylic acids is 1. The highest BCUT2D eigenvalue weighted by Crippen LogP contribution is 2.30. The molecule has 0 spiro atoms. The third-order valence-electron chi connectivity index (χ3n) is 3.89. The van der Waals surface area contributed by atoms with Crippen LogP contribution in [0.3, 0.4) is 0 Å². The van der Waals surface area contributed by atoms with E-state index in [1.54, 1.807) is 23.5 Å². The van der Waals surface area contributed by atoms with Gasteiger partial charge in [-0.3, -0.25) is 4.79 Å². The molecule has 0 radical (unpaired) electrons. The molecule has 1 nitrogen and oxygen atoms in total. The van der Waals surface area contributed by atoms with Crippen LogP contribution in [-0.2, 0) is 19.3 Å². The minimum absolute atomic E-state index is 0.150. The van der Waals surface area contributed by atoms with E-state index in [1.807, 2.05) is 6.07 Å². The van der Waals surface area contributed by atoms with Gasteiger partial charge in [0.05, 0.1) is 4.88 Å². The van der Waals surface area contributed by atoms with Crippen molar-refractivity contribution >= 4 is 40.3 Å². The lowest BCUT2D eigenvalue weighted by Crippen LogP contribution is -2.01. The van der Waals surface area contributed by atoms with Crippen LogP contribution in [0.1, 0.15) is 44.9 Å². The van der Waals surface area contributed by atoms with Gasteiger partial charge in [0.15, 0.2) is 5.78 Å². The van der Waals surface area contributed by atoms with E-state index in [0.29, 0.717) is 16.5 Å². The monoisotopic (exact) mass is 338 g/mol. The van der Waals surface area contributed by atoms with Crippen LogP contribution in [0.25, 0.3) is 0 Å². The first-order valence-corrected chi connectivity index (χ1v) is 8.79. The first-order chi connectivity index (χ1) is 10.1. The van der Waals surface area contributed by atoms with E-state index in [4.69, 9.17) is 23.2 Å². The maximum Gasteiger partial charge on any atom is 0.177 e. The highest BCUT2D eigenvalue weighted by Gasteiger charge is 2.17. The van der Waals surface area contributed by atoms with Crippen molar-refractivity contribution < 1.29 is 4.79 Å². The lowest BCUT2D eigenvalue weighted by molar-refractivity contribution is 0.0997. The predicted molar refractivity (Wildman–Crippen MR) is 90.1 cm³/mol. The molecule has 1 aliphatic rings. The number of hydrogen-bond donors (Lipinski definition) is 0. The van der Waals surface area contributed by atoms with Gasteiger partial charge >= 0.3 is 0 Å². The highest BCUT2D eigenvalue weighted by molar-refractivity contribution is 7.14. The molecule has 0 amide bonds. The number of benzene rings is 1. The summed E-state index contributed by atoms with van der Waals surface area (Å²) in [5.74, 6) is 0.150. The van der Waals surface area contributed by atoms with Gasteiger partial charge in [0.25, 0.3) is 0 Å². The summed E-state index contributed by atoms with van der Waals surface area (Å²) in [6.07, 6.45) is 6.35. The summed E-state index contributed by atoms with van der Waals surface area (Å²) in [4.78, 5) is 14.7. The number of rotatable bonds is 3. The summed E-state index contributed by atoms with van der Waals surface area (Å²) in [5.41, 5.74) is 2.22. The van der Waals surface area contributed by atoms with Crippen LogP contribution < -0.4 is 0 Å². The molecule has 0 saturated heterocycles. The van der Waals surface area contributed by atoms with Gasteiger partial charge in [-0.15, -0.1) is 11.3 Å². The molecule has 0 bridgehead atoms. The first-order valence-electron chi connectivity index (χ1n) is 7.22. The zero-order valence-corrected chi connectivity index (χ0v) is 14.0. The molecule has 2 aromatic rings. The largest absolute Gasteiger partial charge is 0.293 e. The standard InChI is InChI=1S/C17H16Cl2OS/c18-13-7-6-11(14(19)10-13)8-15(20)17-9-12-4-2-1-3-5-16(12)21-17/h6-7,9-10H,1-5,8H2. The third kappa shape index (κ3) is 3.50. The van der Waals surface area contributed by atoms with Crippen molar-refractivity contribution in [2.24, 2.45) is 0 Å². The fourth-order valence-corrected chi connectivity index (χ4v) is 4.40. The van der Waals surface area contributed by atoms with Crippen molar-refractivity contribution in [3.63, 3.8) is 0 Å². The van der Waals surface area contributed by atoms with E-state index in [0.717, 1.165) is 23.3 Å². The molecule has 1 heterocycles. The van der Waals surface area contributed by atoms with Gasteiger partial charge in [-0.1, -0.05) is 35.7 Å². The van der Waals surface area contributed by atoms with Gasteiger partial charge in [-0.2, -0.15) is 0 Å². The van der Waals surface area contributed by atoms with Crippen LogP contribution in [0.5, 0.6) is 0 Å². The average molecular weight is 339 g/mol. The van der Waals surface area contributed by atoms with Crippen molar-refractivity contribution in [3.05, 3.63) is 55.2 Å². The molecule has 0 saturated carbocycles. The number of thiophene rings is 1. The Bertz CT molecular complexity index is 652. The average Bonchev–Trinajstić information content (AvgIpc) is 2.73. The molecule has 1 aromatic heterocycles. The van der Waals surface area contributed by atoms with Crippen molar-refractivity contribution in [3.8, 4) is 0 Å². The Balaban J connectivity index is 1.79. The Morgan fingerprint density at radius 3 is 2.71 bits per heavy atom. The molecule has 0 unspecified atom stereocenters. The molecule has 0 fully saturated rings. The van der Waals surface area contributed by atoms with E-state index in [9.17, 15) is 4.79 Å².